The van der Waals surface area contributed by atoms with Crippen molar-refractivity contribution in [2.45, 2.75) is 45.3 Å². The van der Waals surface area contributed by atoms with E-state index in [9.17, 15) is 9.59 Å². The number of nitrogens with one attached hydrogen (secondary N) is 1. The van der Waals surface area contributed by atoms with Crippen LogP contribution in [-0.4, -0.2) is 48.3 Å². The number of likely N-dealkylation sites (N-methyl/N-ethyl adjacent to an activating group) is 1. The first kappa shape index (κ1) is 22.0. The lowest BCUT2D eigenvalue weighted by Gasteiger charge is -2.37. The first-order valence-electron chi connectivity index (χ1n) is 10.7. The van der Waals surface area contributed by atoms with E-state index in [0.717, 1.165) is 16.7 Å². The minimum Gasteiger partial charge on any atom is -0.352 e. The quantitative estimate of drug-likeness (QED) is 0.765. The van der Waals surface area contributed by atoms with Gasteiger partial charge in [-0.25, -0.2) is 0 Å². The van der Waals surface area contributed by atoms with E-state index in [0.29, 0.717) is 25.9 Å². The van der Waals surface area contributed by atoms with Crippen molar-refractivity contribution >= 4 is 11.8 Å². The molecule has 1 heterocycles. The highest BCUT2D eigenvalue weighted by molar-refractivity contribution is 5.88. The maximum Gasteiger partial charge on any atom is 0.243 e. The van der Waals surface area contributed by atoms with Crippen LogP contribution in [0.2, 0.25) is 0 Å². The number of hydrogen-bond acceptors (Lipinski definition) is 3. The Morgan fingerprint density at radius 2 is 1.67 bits per heavy atom. The predicted molar refractivity (Wildman–Crippen MR) is 120 cm³/mol. The van der Waals surface area contributed by atoms with Crippen LogP contribution in [0.25, 0.3) is 0 Å². The van der Waals surface area contributed by atoms with Crippen molar-refractivity contribution in [2.75, 3.05) is 20.6 Å². The fraction of sp³-hybridized carbons (Fsp3) is 0.440. The van der Waals surface area contributed by atoms with Crippen molar-refractivity contribution in [2.24, 2.45) is 5.92 Å². The summed E-state index contributed by atoms with van der Waals surface area (Å²) in [7, 11) is 4.03. The summed E-state index contributed by atoms with van der Waals surface area (Å²) in [6.07, 6.45) is 1.01. The second-order valence-corrected chi connectivity index (χ2v) is 8.74. The molecule has 30 heavy (non-hydrogen) atoms. The smallest absolute Gasteiger partial charge is 0.243 e. The molecule has 160 valence electrons. The Balaban J connectivity index is 1.76. The Morgan fingerprint density at radius 1 is 1.03 bits per heavy atom. The summed E-state index contributed by atoms with van der Waals surface area (Å²) in [5.74, 6) is 0.228. The van der Waals surface area contributed by atoms with Crippen molar-refractivity contribution in [3.05, 3.63) is 71.3 Å². The second-order valence-electron chi connectivity index (χ2n) is 8.74. The number of carbonyl (C=O) groups excluding carboxylic acids is 2. The van der Waals surface area contributed by atoms with Crippen molar-refractivity contribution in [3.63, 3.8) is 0 Å². The summed E-state index contributed by atoms with van der Waals surface area (Å²) in [5.41, 5.74) is 3.44. The number of benzene rings is 2. The van der Waals surface area contributed by atoms with Crippen molar-refractivity contribution in [3.8, 4) is 0 Å². The standard InChI is InChI=1S/C25H33N3O2/c1-18(2)14-24(29)28-17-21-13-9-8-12-20(21)15-22(28)25(30)26-16-23(27(3)4)19-10-6-5-7-11-19/h5-13,18,22-23H,14-17H2,1-4H3,(H,26,30). The molecule has 0 spiro atoms. The van der Waals surface area contributed by atoms with Gasteiger partial charge in [-0.15, -0.1) is 0 Å². The van der Waals surface area contributed by atoms with Gasteiger partial charge in [0.1, 0.15) is 6.04 Å². The lowest BCUT2D eigenvalue weighted by atomic mass is 9.92. The predicted octanol–water partition coefficient (Wildman–Crippen LogP) is 3.41. The summed E-state index contributed by atoms with van der Waals surface area (Å²) in [5, 5.41) is 3.13. The van der Waals surface area contributed by atoms with Gasteiger partial charge in [-0.05, 0) is 36.7 Å². The molecule has 0 saturated carbocycles. The summed E-state index contributed by atoms with van der Waals surface area (Å²) in [6, 6.07) is 17.9. The largest absolute Gasteiger partial charge is 0.352 e. The maximum absolute atomic E-state index is 13.2. The third-order valence-corrected chi connectivity index (χ3v) is 5.73. The molecule has 1 aliphatic rings. The third kappa shape index (κ3) is 5.28. The zero-order valence-corrected chi connectivity index (χ0v) is 18.5. The third-order valence-electron chi connectivity index (χ3n) is 5.73. The monoisotopic (exact) mass is 407 g/mol. The van der Waals surface area contributed by atoms with Crippen LogP contribution in [0.5, 0.6) is 0 Å². The average Bonchev–Trinajstić information content (AvgIpc) is 2.72. The zero-order valence-electron chi connectivity index (χ0n) is 18.5. The Hall–Kier alpha value is -2.66. The molecule has 0 radical (unpaired) electrons. The van der Waals surface area contributed by atoms with E-state index < -0.39 is 6.04 Å². The molecule has 0 aliphatic carbocycles. The van der Waals surface area contributed by atoms with Crippen LogP contribution >= 0.6 is 0 Å². The molecule has 0 saturated heterocycles. The van der Waals surface area contributed by atoms with Crippen LogP contribution < -0.4 is 5.32 Å². The molecule has 2 amide bonds. The Morgan fingerprint density at radius 3 is 2.30 bits per heavy atom. The van der Waals surface area contributed by atoms with Gasteiger partial charge in [-0.1, -0.05) is 68.4 Å². The number of fused-ring (bicyclic) bond motifs is 1. The van der Waals surface area contributed by atoms with Gasteiger partial charge in [0, 0.05) is 25.9 Å². The summed E-state index contributed by atoms with van der Waals surface area (Å²) < 4.78 is 0. The minimum absolute atomic E-state index is 0.0480. The SMILES string of the molecule is CC(C)CC(=O)N1Cc2ccccc2CC1C(=O)NCC(c1ccccc1)N(C)C. The number of amides is 2. The van der Waals surface area contributed by atoms with Gasteiger partial charge < -0.3 is 15.1 Å². The van der Waals surface area contributed by atoms with Crippen LogP contribution in [0.15, 0.2) is 54.6 Å². The highest BCUT2D eigenvalue weighted by Crippen LogP contribution is 2.25. The first-order valence-corrected chi connectivity index (χ1v) is 10.7. The molecule has 1 aliphatic heterocycles. The number of hydrogen-bond donors (Lipinski definition) is 1. The Kier molecular flexibility index (Phi) is 7.27. The van der Waals surface area contributed by atoms with Crippen LogP contribution in [0.1, 0.15) is 43.0 Å². The van der Waals surface area contributed by atoms with Crippen LogP contribution in [0, 0.1) is 5.92 Å². The van der Waals surface area contributed by atoms with Crippen molar-refractivity contribution in [1.82, 2.24) is 15.1 Å². The molecule has 0 fully saturated rings. The Bertz CT molecular complexity index is 864. The number of carbonyl (C=O) groups is 2. The zero-order chi connectivity index (χ0) is 21.7. The molecule has 5 nitrogen and oxygen atoms in total. The Labute approximate surface area is 180 Å². The van der Waals surface area contributed by atoms with Crippen LogP contribution in [0.4, 0.5) is 0 Å². The molecule has 0 aromatic heterocycles. The van der Waals surface area contributed by atoms with Crippen LogP contribution in [0.3, 0.4) is 0 Å². The van der Waals surface area contributed by atoms with Gasteiger partial charge in [0.2, 0.25) is 11.8 Å². The minimum atomic E-state index is -0.468. The van der Waals surface area contributed by atoms with Crippen molar-refractivity contribution < 1.29 is 9.59 Å². The molecule has 2 atom stereocenters. The lowest BCUT2D eigenvalue weighted by molar-refractivity contribution is -0.142. The van der Waals surface area contributed by atoms with E-state index in [2.05, 4.69) is 34.5 Å². The van der Waals surface area contributed by atoms with Gasteiger partial charge >= 0.3 is 0 Å². The molecule has 0 bridgehead atoms. The average molecular weight is 408 g/mol. The topological polar surface area (TPSA) is 52.7 Å². The van der Waals surface area contributed by atoms with Gasteiger partial charge in [0.05, 0.1) is 6.04 Å². The van der Waals surface area contributed by atoms with Gasteiger partial charge in [0.15, 0.2) is 0 Å². The fourth-order valence-electron chi connectivity index (χ4n) is 4.07. The maximum atomic E-state index is 13.2. The molecule has 2 aromatic rings. The summed E-state index contributed by atoms with van der Waals surface area (Å²) in [4.78, 5) is 30.1. The molecule has 5 heteroatoms. The van der Waals surface area contributed by atoms with Gasteiger partial charge in [-0.2, -0.15) is 0 Å². The number of rotatable bonds is 7. The lowest BCUT2D eigenvalue weighted by Crippen LogP contribution is -2.53. The van der Waals surface area contributed by atoms with E-state index in [-0.39, 0.29) is 23.8 Å². The highest BCUT2D eigenvalue weighted by atomic mass is 16.2. The highest BCUT2D eigenvalue weighted by Gasteiger charge is 2.34. The fourth-order valence-corrected chi connectivity index (χ4v) is 4.07. The van der Waals surface area contributed by atoms with Gasteiger partial charge in [-0.3, -0.25) is 9.59 Å². The molecular weight excluding hydrogens is 374 g/mol. The van der Waals surface area contributed by atoms with E-state index >= 15 is 0 Å². The summed E-state index contributed by atoms with van der Waals surface area (Å²) in [6.45, 7) is 5.06. The number of nitrogens with zero attached hydrogens (tertiary/aromatic N) is 2. The van der Waals surface area contributed by atoms with E-state index in [4.69, 9.17) is 0 Å². The second kappa shape index (κ2) is 9.90. The van der Waals surface area contributed by atoms with Gasteiger partial charge in [0.25, 0.3) is 0 Å². The molecule has 2 aromatic carbocycles. The van der Waals surface area contributed by atoms with Crippen molar-refractivity contribution in [1.29, 1.82) is 0 Å². The van der Waals surface area contributed by atoms with E-state index in [1.807, 2.05) is 58.3 Å². The first-order chi connectivity index (χ1) is 14.4. The van der Waals surface area contributed by atoms with Crippen LogP contribution in [-0.2, 0) is 22.6 Å². The molecule has 3 rings (SSSR count). The molecule has 1 N–H and O–H groups in total. The van der Waals surface area contributed by atoms with E-state index in [1.165, 1.54) is 0 Å². The normalized spacial score (nSPS) is 17.0. The molecule has 2 unspecified atom stereocenters. The molecular formula is C25H33N3O2. The van der Waals surface area contributed by atoms with E-state index in [1.54, 1.807) is 4.90 Å². The summed E-state index contributed by atoms with van der Waals surface area (Å²) >= 11 is 0.